The van der Waals surface area contributed by atoms with E-state index in [1.807, 2.05) is 24.3 Å². The number of ether oxygens (including phenoxy) is 2. The minimum Gasteiger partial charge on any atom is -0.504 e. The molecule has 2 aliphatic carbocycles. The number of para-hydroxylation sites is 1. The number of aromatic hydroxyl groups is 1. The van der Waals surface area contributed by atoms with Crippen LogP contribution in [0.5, 0.6) is 17.2 Å². The number of phenolic OH excluding ortho intramolecular Hbond substituents is 1. The molecule has 0 heterocycles. The Bertz CT molecular complexity index is 1200. The molecule has 42 heavy (non-hydrogen) atoms. The van der Waals surface area contributed by atoms with Crippen molar-refractivity contribution >= 4 is 23.8 Å². The van der Waals surface area contributed by atoms with Crippen LogP contribution in [-0.4, -0.2) is 19.3 Å². The molecule has 0 aromatic heterocycles. The fourth-order valence-electron chi connectivity index (χ4n) is 6.14. The van der Waals surface area contributed by atoms with Crippen LogP contribution in [0.2, 0.25) is 0 Å². The monoisotopic (exact) mass is 631 g/mol. The van der Waals surface area contributed by atoms with E-state index in [1.165, 1.54) is 73.1 Å². The van der Waals surface area contributed by atoms with E-state index in [2.05, 4.69) is 62.8 Å². The molecule has 1 fully saturated rings. The van der Waals surface area contributed by atoms with Crippen LogP contribution in [-0.2, 0) is 16.5 Å². The molecule has 0 spiro atoms. The molecule has 0 atom stereocenters. The number of rotatable bonds is 6. The summed E-state index contributed by atoms with van der Waals surface area (Å²) in [6.07, 6.45) is 19.6. The molecule has 2 aliphatic rings. The molecule has 230 valence electrons. The molecule has 3 aromatic rings. The molecule has 3 aromatic carbocycles. The van der Waals surface area contributed by atoms with Gasteiger partial charge in [-0.15, -0.1) is 0 Å². The largest absolute Gasteiger partial charge is 0.504 e. The van der Waals surface area contributed by atoms with Gasteiger partial charge in [-0.05, 0) is 68.4 Å². The van der Waals surface area contributed by atoms with Crippen molar-refractivity contribution in [2.24, 2.45) is 0 Å². The second-order valence-corrected chi connectivity index (χ2v) is 13.3. The Morgan fingerprint density at radius 3 is 1.90 bits per heavy atom. The minimum atomic E-state index is -1.61. The Kier molecular flexibility index (Phi) is 15.6. The zero-order chi connectivity index (χ0) is 28.3. The minimum absolute atomic E-state index is 0. The molecular weight excluding hydrogens is 582 g/mol. The molecule has 5 rings (SSSR count). The fraction of sp³-hybridized carbons (Fsp3) is 0.405. The normalized spacial score (nSPS) is 16.0. The first-order valence-electron chi connectivity index (χ1n) is 15.0. The van der Waals surface area contributed by atoms with Crippen molar-refractivity contribution in [2.75, 3.05) is 14.2 Å². The topological polar surface area (TPSA) is 38.7 Å². The van der Waals surface area contributed by atoms with Crippen LogP contribution in [0, 0.1) is 27.7 Å². The van der Waals surface area contributed by atoms with Crippen LogP contribution in [0.4, 0.5) is 0 Å². The van der Waals surface area contributed by atoms with Crippen molar-refractivity contribution in [1.82, 2.24) is 0 Å². The maximum atomic E-state index is 11.7. The van der Waals surface area contributed by atoms with Crippen LogP contribution < -0.4 is 25.4 Å². The Morgan fingerprint density at radius 2 is 1.31 bits per heavy atom. The van der Waals surface area contributed by atoms with E-state index < -0.39 is 7.92 Å². The third-order valence-electron chi connectivity index (χ3n) is 8.27. The SMILES string of the molecule is C1=C\CCC[CH-]CC/1.COc1cccc(C)c1[PH+](c1cccc(C2CCCCC2)c1O)c1c(C)cccc1OC.[CH3+].[Ni]. The van der Waals surface area contributed by atoms with Gasteiger partial charge in [0.1, 0.15) is 23.8 Å². The Balaban J connectivity index is 0.000000535. The van der Waals surface area contributed by atoms with Crippen molar-refractivity contribution in [3.8, 4) is 17.2 Å². The molecule has 0 radical (unpaired) electrons. The predicted molar refractivity (Wildman–Crippen MR) is 180 cm³/mol. The number of phenols is 1. The first kappa shape index (κ1) is 35.8. The summed E-state index contributed by atoms with van der Waals surface area (Å²) < 4.78 is 11.7. The van der Waals surface area contributed by atoms with Gasteiger partial charge in [-0.25, -0.2) is 0 Å². The van der Waals surface area contributed by atoms with Gasteiger partial charge in [-0.1, -0.05) is 80.7 Å². The first-order valence-corrected chi connectivity index (χ1v) is 16.5. The zero-order valence-electron chi connectivity index (χ0n) is 26.2. The number of allylic oxidation sites excluding steroid dienone is 2. The van der Waals surface area contributed by atoms with Crippen molar-refractivity contribution in [2.45, 2.75) is 84.0 Å². The third-order valence-corrected chi connectivity index (χ3v) is 11.5. The standard InChI is InChI=1S/C28H33O3P.C8H13.CH3.Ni/c1-19-11-8-16-23(30-3)27(19)32(28-20(2)12-9-17-24(28)31-4)25-18-10-15-22(26(25)29)21-13-6-5-7-14-21;1-2-4-6-8-7-5-3-1;;/h8-12,15-18,21,29H,5-7,13-14H2,1-4H3;1-2,7H,3-6,8H2;1H3;/q;-1;+1;/p+1/b;2-1-;;. The average Bonchev–Trinajstić information content (AvgIpc) is 2.95. The second-order valence-electron chi connectivity index (χ2n) is 11.0. The molecule has 0 bridgehead atoms. The molecule has 3 nitrogen and oxygen atoms in total. The van der Waals surface area contributed by atoms with Crippen LogP contribution >= 0.6 is 7.92 Å². The molecule has 0 aliphatic heterocycles. The Morgan fingerprint density at radius 1 is 0.738 bits per heavy atom. The van der Waals surface area contributed by atoms with Gasteiger partial charge in [-0.3, -0.25) is 0 Å². The molecule has 0 amide bonds. The van der Waals surface area contributed by atoms with Crippen LogP contribution in [0.1, 0.15) is 86.8 Å². The summed E-state index contributed by atoms with van der Waals surface area (Å²) in [5.41, 5.74) is 3.45. The van der Waals surface area contributed by atoms with E-state index in [0.717, 1.165) is 35.2 Å². The van der Waals surface area contributed by atoms with Gasteiger partial charge in [-0.2, -0.15) is 12.8 Å². The molecular formula is C37H50NiO3P+. The third kappa shape index (κ3) is 8.81. The van der Waals surface area contributed by atoms with E-state index >= 15 is 0 Å². The van der Waals surface area contributed by atoms with Gasteiger partial charge in [0.25, 0.3) is 0 Å². The summed E-state index contributed by atoms with van der Waals surface area (Å²) in [4.78, 5) is 0. The van der Waals surface area contributed by atoms with Gasteiger partial charge in [0, 0.05) is 29.5 Å². The summed E-state index contributed by atoms with van der Waals surface area (Å²) in [5.74, 6) is 2.63. The molecule has 0 saturated heterocycles. The van der Waals surface area contributed by atoms with E-state index in [0.29, 0.717) is 11.7 Å². The van der Waals surface area contributed by atoms with Gasteiger partial charge in [0.2, 0.25) is 0 Å². The second kappa shape index (κ2) is 18.3. The Hall–Kier alpha value is -2.41. The summed E-state index contributed by atoms with van der Waals surface area (Å²) in [7, 11) is 1.84. The zero-order valence-corrected chi connectivity index (χ0v) is 28.1. The van der Waals surface area contributed by atoms with E-state index in [9.17, 15) is 5.11 Å². The van der Waals surface area contributed by atoms with Crippen molar-refractivity contribution in [3.05, 3.63) is 97.3 Å². The summed E-state index contributed by atoms with van der Waals surface area (Å²) in [5, 5.41) is 15.0. The molecule has 1 saturated carbocycles. The van der Waals surface area contributed by atoms with Gasteiger partial charge in [0.15, 0.2) is 17.2 Å². The summed E-state index contributed by atoms with van der Waals surface area (Å²) >= 11 is 0. The number of aryl methyl sites for hydroxylation is 2. The van der Waals surface area contributed by atoms with Crippen molar-refractivity contribution in [1.29, 1.82) is 0 Å². The van der Waals surface area contributed by atoms with Crippen LogP contribution in [0.3, 0.4) is 0 Å². The molecule has 0 unspecified atom stereocenters. The maximum absolute atomic E-state index is 11.7. The first-order chi connectivity index (χ1) is 19.6. The Labute approximate surface area is 266 Å². The number of hydrogen-bond donors (Lipinski definition) is 1. The molecule has 1 N–H and O–H groups in total. The quantitative estimate of drug-likeness (QED) is 0.128. The smallest absolute Gasteiger partial charge is 0.162 e. The van der Waals surface area contributed by atoms with Gasteiger partial charge < -0.3 is 21.0 Å². The van der Waals surface area contributed by atoms with Crippen LogP contribution in [0.25, 0.3) is 0 Å². The van der Waals surface area contributed by atoms with E-state index in [1.54, 1.807) is 14.2 Å². The van der Waals surface area contributed by atoms with E-state index in [4.69, 9.17) is 9.47 Å². The average molecular weight is 632 g/mol. The van der Waals surface area contributed by atoms with Crippen LogP contribution in [0.15, 0.2) is 66.7 Å². The summed E-state index contributed by atoms with van der Waals surface area (Å²) in [6, 6.07) is 18.7. The van der Waals surface area contributed by atoms with Crippen molar-refractivity contribution < 1.29 is 31.1 Å². The maximum Gasteiger partial charge on any atom is 0.162 e. The number of hydrogen-bond acceptors (Lipinski definition) is 3. The molecule has 5 heteroatoms. The predicted octanol–water partition coefficient (Wildman–Crippen LogP) is 8.72. The fourth-order valence-corrected chi connectivity index (χ4v) is 9.39. The number of methoxy groups -OCH3 is 2. The summed E-state index contributed by atoms with van der Waals surface area (Å²) in [6.45, 7) is 4.27. The van der Waals surface area contributed by atoms with Gasteiger partial charge in [0.05, 0.1) is 14.2 Å². The van der Waals surface area contributed by atoms with E-state index in [-0.39, 0.29) is 23.9 Å². The van der Waals surface area contributed by atoms with Crippen molar-refractivity contribution in [3.63, 3.8) is 0 Å². The number of benzene rings is 3. The van der Waals surface area contributed by atoms with Gasteiger partial charge >= 0.3 is 0 Å².